The first-order valence-electron chi connectivity index (χ1n) is 8.36. The van der Waals surface area contributed by atoms with Crippen LogP contribution < -0.4 is 4.74 Å². The highest BCUT2D eigenvalue weighted by molar-refractivity contribution is 9.10. The molecule has 0 heterocycles. The van der Waals surface area contributed by atoms with Crippen molar-refractivity contribution in [2.45, 2.75) is 39.7 Å². The van der Waals surface area contributed by atoms with Gasteiger partial charge in [-0.15, -0.1) is 0 Å². The molecule has 0 saturated heterocycles. The number of rotatable bonds is 7. The molecule has 1 nitrogen and oxygen atoms in total. The molecule has 0 amide bonds. The second-order valence-corrected chi connectivity index (χ2v) is 7.54. The first kappa shape index (κ1) is 19.1. The summed E-state index contributed by atoms with van der Waals surface area (Å²) in [7, 11) is 0. The van der Waals surface area contributed by atoms with Gasteiger partial charge in [-0.3, -0.25) is 0 Å². The van der Waals surface area contributed by atoms with E-state index in [0.29, 0.717) is 10.9 Å². The van der Waals surface area contributed by atoms with Gasteiger partial charge in [0.1, 0.15) is 5.75 Å². The summed E-state index contributed by atoms with van der Waals surface area (Å²) in [6, 6.07) is 14.5. The Bertz CT molecular complexity index is 677. The maximum Gasteiger partial charge on any atom is 0.138 e. The summed E-state index contributed by atoms with van der Waals surface area (Å²) < 4.78 is 6.79. The first-order valence-corrected chi connectivity index (χ1v) is 9.54. The molecule has 128 valence electrons. The van der Waals surface area contributed by atoms with Crippen molar-refractivity contribution in [2.24, 2.45) is 5.92 Å². The van der Waals surface area contributed by atoms with Gasteiger partial charge < -0.3 is 4.74 Å². The Labute approximate surface area is 158 Å². The van der Waals surface area contributed by atoms with Gasteiger partial charge in [0, 0.05) is 4.47 Å². The predicted octanol–water partition coefficient (Wildman–Crippen LogP) is 7.17. The van der Waals surface area contributed by atoms with E-state index in [-0.39, 0.29) is 6.10 Å². The SMILES string of the molecule is CCC(C=Cc1ccc(OC(C)C)c(Cl)c1)Cc1ccc(Br)cc1. The van der Waals surface area contributed by atoms with Gasteiger partial charge in [-0.1, -0.05) is 64.8 Å². The molecule has 0 aromatic heterocycles. The fourth-order valence-corrected chi connectivity index (χ4v) is 2.99. The summed E-state index contributed by atoms with van der Waals surface area (Å²) >= 11 is 9.78. The zero-order valence-electron chi connectivity index (χ0n) is 14.4. The minimum atomic E-state index is 0.124. The van der Waals surface area contributed by atoms with Crippen molar-refractivity contribution in [2.75, 3.05) is 0 Å². The van der Waals surface area contributed by atoms with Gasteiger partial charge in [0.15, 0.2) is 0 Å². The normalized spacial score (nSPS) is 12.8. The lowest BCUT2D eigenvalue weighted by atomic mass is 9.96. The van der Waals surface area contributed by atoms with E-state index >= 15 is 0 Å². The van der Waals surface area contributed by atoms with Crippen LogP contribution >= 0.6 is 27.5 Å². The molecule has 0 N–H and O–H groups in total. The number of halogens is 2. The lowest BCUT2D eigenvalue weighted by Gasteiger charge is -2.12. The maximum absolute atomic E-state index is 6.30. The molecule has 0 fully saturated rings. The van der Waals surface area contributed by atoms with Crippen molar-refractivity contribution >= 4 is 33.6 Å². The van der Waals surface area contributed by atoms with Gasteiger partial charge in [0.25, 0.3) is 0 Å². The van der Waals surface area contributed by atoms with Crippen LogP contribution in [0.15, 0.2) is 53.0 Å². The molecule has 1 unspecified atom stereocenters. The molecule has 2 aromatic carbocycles. The molecule has 24 heavy (non-hydrogen) atoms. The van der Waals surface area contributed by atoms with Crippen LogP contribution in [-0.2, 0) is 6.42 Å². The lowest BCUT2D eigenvalue weighted by molar-refractivity contribution is 0.242. The second-order valence-electron chi connectivity index (χ2n) is 6.21. The largest absolute Gasteiger partial charge is 0.489 e. The highest BCUT2D eigenvalue weighted by Gasteiger charge is 2.06. The number of allylic oxidation sites excluding steroid dienone is 1. The molecule has 3 heteroatoms. The third-order valence-electron chi connectivity index (χ3n) is 3.81. The van der Waals surface area contributed by atoms with E-state index in [0.717, 1.165) is 28.6 Å². The third kappa shape index (κ3) is 5.99. The standard InChI is InChI=1S/C21H24BrClO/c1-4-16(13-17-7-10-19(22)11-8-17)5-6-18-9-12-21(20(23)14-18)24-15(2)3/h5-12,14-16H,4,13H2,1-3H3. The Morgan fingerprint density at radius 1 is 1.12 bits per heavy atom. The van der Waals surface area contributed by atoms with Gasteiger partial charge in [-0.25, -0.2) is 0 Å². The Kier molecular flexibility index (Phi) is 7.39. The van der Waals surface area contributed by atoms with Crippen LogP contribution in [0.4, 0.5) is 0 Å². The summed E-state index contributed by atoms with van der Waals surface area (Å²) in [4.78, 5) is 0. The van der Waals surface area contributed by atoms with Crippen LogP contribution in [0.2, 0.25) is 5.02 Å². The molecular weight excluding hydrogens is 384 g/mol. The molecule has 0 aliphatic heterocycles. The van der Waals surface area contributed by atoms with Crippen molar-refractivity contribution in [3.8, 4) is 5.75 Å². The molecular formula is C21H24BrClO. The Hall–Kier alpha value is -1.25. The minimum Gasteiger partial charge on any atom is -0.489 e. The van der Waals surface area contributed by atoms with Crippen LogP contribution in [0.5, 0.6) is 5.75 Å². The zero-order valence-corrected chi connectivity index (χ0v) is 16.8. The van der Waals surface area contributed by atoms with Crippen molar-refractivity contribution < 1.29 is 4.74 Å². The topological polar surface area (TPSA) is 9.23 Å². The number of hydrogen-bond donors (Lipinski definition) is 0. The zero-order chi connectivity index (χ0) is 17.5. The summed E-state index contributed by atoms with van der Waals surface area (Å²) in [5, 5.41) is 0.659. The van der Waals surface area contributed by atoms with Crippen LogP contribution in [0.3, 0.4) is 0 Å². The van der Waals surface area contributed by atoms with Gasteiger partial charge in [0.05, 0.1) is 11.1 Å². The van der Waals surface area contributed by atoms with E-state index in [1.165, 1.54) is 5.56 Å². The molecule has 1 atom stereocenters. The third-order valence-corrected chi connectivity index (χ3v) is 4.64. The van der Waals surface area contributed by atoms with Crippen LogP contribution in [0, 0.1) is 5.92 Å². The molecule has 2 aromatic rings. The maximum atomic E-state index is 6.30. The fraction of sp³-hybridized carbons (Fsp3) is 0.333. The van der Waals surface area contributed by atoms with E-state index in [1.807, 2.05) is 32.0 Å². The van der Waals surface area contributed by atoms with Gasteiger partial charge in [-0.2, -0.15) is 0 Å². The van der Waals surface area contributed by atoms with E-state index in [9.17, 15) is 0 Å². The van der Waals surface area contributed by atoms with Gasteiger partial charge in [0.2, 0.25) is 0 Å². The summed E-state index contributed by atoms with van der Waals surface area (Å²) in [5.41, 5.74) is 2.46. The van der Waals surface area contributed by atoms with E-state index in [4.69, 9.17) is 16.3 Å². The molecule has 0 aliphatic carbocycles. The molecule has 0 bridgehead atoms. The molecule has 0 aliphatic rings. The molecule has 0 radical (unpaired) electrons. The smallest absolute Gasteiger partial charge is 0.138 e. The van der Waals surface area contributed by atoms with Crippen molar-refractivity contribution in [3.63, 3.8) is 0 Å². The first-order chi connectivity index (χ1) is 11.5. The Morgan fingerprint density at radius 2 is 1.83 bits per heavy atom. The minimum absolute atomic E-state index is 0.124. The van der Waals surface area contributed by atoms with Crippen molar-refractivity contribution in [3.05, 3.63) is 69.2 Å². The Morgan fingerprint density at radius 3 is 2.42 bits per heavy atom. The predicted molar refractivity (Wildman–Crippen MR) is 108 cm³/mol. The van der Waals surface area contributed by atoms with Gasteiger partial charge >= 0.3 is 0 Å². The van der Waals surface area contributed by atoms with Crippen LogP contribution in [0.25, 0.3) is 6.08 Å². The summed E-state index contributed by atoms with van der Waals surface area (Å²) in [6.07, 6.45) is 6.70. The van der Waals surface area contributed by atoms with Gasteiger partial charge in [-0.05, 0) is 68.0 Å². The Balaban J connectivity index is 2.04. The van der Waals surface area contributed by atoms with Crippen molar-refractivity contribution in [1.29, 1.82) is 0 Å². The van der Waals surface area contributed by atoms with Crippen LogP contribution in [-0.4, -0.2) is 6.10 Å². The molecule has 0 saturated carbocycles. The van der Waals surface area contributed by atoms with E-state index < -0.39 is 0 Å². The lowest BCUT2D eigenvalue weighted by Crippen LogP contribution is -2.05. The van der Waals surface area contributed by atoms with E-state index in [1.54, 1.807) is 0 Å². The highest BCUT2D eigenvalue weighted by Crippen LogP contribution is 2.27. The van der Waals surface area contributed by atoms with E-state index in [2.05, 4.69) is 59.3 Å². The summed E-state index contributed by atoms with van der Waals surface area (Å²) in [6.45, 7) is 6.22. The fourth-order valence-electron chi connectivity index (χ4n) is 2.49. The van der Waals surface area contributed by atoms with Crippen molar-refractivity contribution in [1.82, 2.24) is 0 Å². The number of ether oxygens (including phenoxy) is 1. The quantitative estimate of drug-likeness (QED) is 0.472. The second kappa shape index (κ2) is 9.29. The molecule has 2 rings (SSSR count). The highest BCUT2D eigenvalue weighted by atomic mass is 79.9. The number of hydrogen-bond acceptors (Lipinski definition) is 1. The average molecular weight is 408 g/mol. The monoisotopic (exact) mass is 406 g/mol. The average Bonchev–Trinajstić information content (AvgIpc) is 2.55. The summed E-state index contributed by atoms with van der Waals surface area (Å²) in [5.74, 6) is 1.25. The molecule has 0 spiro atoms. The van der Waals surface area contributed by atoms with Crippen LogP contribution in [0.1, 0.15) is 38.3 Å². The number of benzene rings is 2.